The van der Waals surface area contributed by atoms with Crippen molar-refractivity contribution in [2.75, 3.05) is 7.11 Å². The third-order valence-electron chi connectivity index (χ3n) is 4.82. The van der Waals surface area contributed by atoms with Crippen LogP contribution in [0.2, 0.25) is 0 Å². The quantitative estimate of drug-likeness (QED) is 0.691. The molecule has 4 heterocycles. The molecule has 1 N–H and O–H groups in total. The molecule has 0 spiro atoms. The number of fused-ring (bicyclic) bond motifs is 1. The number of allylic oxidation sites excluding steroid dienone is 1. The van der Waals surface area contributed by atoms with E-state index in [-0.39, 0.29) is 18.4 Å². The molecular weight excluding hydrogens is 420 g/mol. The lowest BCUT2D eigenvalue weighted by Gasteiger charge is -2.35. The summed E-state index contributed by atoms with van der Waals surface area (Å²) >= 11 is 3.02. The number of nitrogens with one attached hydrogen (secondary N) is 1. The van der Waals surface area contributed by atoms with E-state index in [2.05, 4.69) is 15.3 Å². The van der Waals surface area contributed by atoms with Gasteiger partial charge in [-0.25, -0.2) is 9.79 Å². The van der Waals surface area contributed by atoms with E-state index in [1.54, 1.807) is 23.7 Å². The Morgan fingerprint density at radius 3 is 2.90 bits per heavy atom. The summed E-state index contributed by atoms with van der Waals surface area (Å²) in [4.78, 5) is 35.8. The number of carbonyl (C=O) groups excluding carboxylic acids is 2. The Bertz CT molecular complexity index is 1050. The molecule has 0 fully saturated rings. The molecule has 2 aromatic heterocycles. The predicted octanol–water partition coefficient (Wildman–Crippen LogP) is 3.60. The predicted molar refractivity (Wildman–Crippen MR) is 117 cm³/mol. The SMILES string of the molecule is COC(=O)C1=C(C)N=C2SC=C(CC(=O)NCc3cccnc3)N2C1c1ccsc1. The number of ether oxygens (including phenoxy) is 1. The van der Waals surface area contributed by atoms with E-state index in [9.17, 15) is 9.59 Å². The molecule has 30 heavy (non-hydrogen) atoms. The maximum Gasteiger partial charge on any atom is 0.338 e. The van der Waals surface area contributed by atoms with Crippen molar-refractivity contribution in [3.63, 3.8) is 0 Å². The van der Waals surface area contributed by atoms with Crippen LogP contribution in [0.1, 0.15) is 30.5 Å². The molecule has 2 aliphatic rings. The highest BCUT2D eigenvalue weighted by Gasteiger charge is 2.41. The summed E-state index contributed by atoms with van der Waals surface area (Å²) < 4.78 is 5.04. The van der Waals surface area contributed by atoms with Crippen molar-refractivity contribution >= 4 is 40.1 Å². The Hall–Kier alpha value is -2.91. The average molecular weight is 441 g/mol. The minimum atomic E-state index is -0.413. The number of rotatable bonds is 6. The molecule has 4 rings (SSSR count). The second kappa shape index (κ2) is 8.85. The molecular formula is C21H20N4O3S2. The lowest BCUT2D eigenvalue weighted by Crippen LogP contribution is -2.37. The van der Waals surface area contributed by atoms with Crippen LogP contribution in [0.15, 0.2) is 68.7 Å². The number of thioether (sulfide) groups is 1. The molecule has 0 aromatic carbocycles. The van der Waals surface area contributed by atoms with Crippen molar-refractivity contribution in [3.05, 3.63) is 74.9 Å². The normalized spacial score (nSPS) is 17.9. The fraction of sp³-hybridized carbons (Fsp3) is 0.238. The van der Waals surface area contributed by atoms with Gasteiger partial charge in [0.15, 0.2) is 5.17 Å². The van der Waals surface area contributed by atoms with Gasteiger partial charge >= 0.3 is 5.97 Å². The Labute approximate surface area is 182 Å². The minimum Gasteiger partial charge on any atom is -0.466 e. The van der Waals surface area contributed by atoms with E-state index in [1.165, 1.54) is 18.9 Å². The van der Waals surface area contributed by atoms with Crippen molar-refractivity contribution in [1.29, 1.82) is 0 Å². The lowest BCUT2D eigenvalue weighted by molar-refractivity contribution is -0.136. The molecule has 7 nitrogen and oxygen atoms in total. The first kappa shape index (κ1) is 20.4. The highest BCUT2D eigenvalue weighted by atomic mass is 32.2. The summed E-state index contributed by atoms with van der Waals surface area (Å²) in [6.07, 6.45) is 3.60. The van der Waals surface area contributed by atoms with Crippen molar-refractivity contribution in [2.24, 2.45) is 4.99 Å². The van der Waals surface area contributed by atoms with Crippen LogP contribution in [0.5, 0.6) is 0 Å². The van der Waals surface area contributed by atoms with Crippen molar-refractivity contribution in [3.8, 4) is 0 Å². The van der Waals surface area contributed by atoms with E-state index in [0.29, 0.717) is 17.8 Å². The van der Waals surface area contributed by atoms with Gasteiger partial charge in [-0.2, -0.15) is 11.3 Å². The third kappa shape index (κ3) is 4.03. The van der Waals surface area contributed by atoms with Gasteiger partial charge in [0, 0.05) is 24.6 Å². The van der Waals surface area contributed by atoms with Gasteiger partial charge in [-0.3, -0.25) is 9.78 Å². The van der Waals surface area contributed by atoms with Crippen LogP contribution < -0.4 is 5.32 Å². The van der Waals surface area contributed by atoms with Crippen molar-refractivity contribution in [1.82, 2.24) is 15.2 Å². The highest BCUT2D eigenvalue weighted by Crippen LogP contribution is 2.45. The van der Waals surface area contributed by atoms with E-state index in [0.717, 1.165) is 22.0 Å². The average Bonchev–Trinajstić information content (AvgIpc) is 3.42. The summed E-state index contributed by atoms with van der Waals surface area (Å²) in [7, 11) is 1.37. The summed E-state index contributed by atoms with van der Waals surface area (Å²) in [5.41, 5.74) is 3.82. The summed E-state index contributed by atoms with van der Waals surface area (Å²) in [6.45, 7) is 2.23. The second-order valence-electron chi connectivity index (χ2n) is 6.76. The molecule has 2 aromatic rings. The Balaban J connectivity index is 1.56. The highest BCUT2D eigenvalue weighted by molar-refractivity contribution is 8.16. The van der Waals surface area contributed by atoms with Crippen LogP contribution in [0, 0.1) is 0 Å². The number of hydrogen-bond donors (Lipinski definition) is 1. The third-order valence-corrected chi connectivity index (χ3v) is 6.41. The van der Waals surface area contributed by atoms with Crippen LogP contribution in [-0.2, 0) is 20.9 Å². The molecule has 0 bridgehead atoms. The summed E-state index contributed by atoms with van der Waals surface area (Å²) in [5.74, 6) is -0.523. The zero-order chi connectivity index (χ0) is 21.1. The maximum atomic E-state index is 12.6. The zero-order valence-corrected chi connectivity index (χ0v) is 18.1. The molecule has 1 atom stereocenters. The molecule has 0 aliphatic carbocycles. The van der Waals surface area contributed by atoms with Crippen molar-refractivity contribution in [2.45, 2.75) is 25.9 Å². The fourth-order valence-corrected chi connectivity index (χ4v) is 5.06. The molecule has 9 heteroatoms. The number of esters is 1. The number of aliphatic imine (C=N–C) groups is 1. The Morgan fingerprint density at radius 1 is 1.33 bits per heavy atom. The molecule has 2 aliphatic heterocycles. The van der Waals surface area contributed by atoms with Gasteiger partial charge in [0.1, 0.15) is 0 Å². The van der Waals surface area contributed by atoms with Gasteiger partial charge in [-0.05, 0) is 46.4 Å². The molecule has 154 valence electrons. The molecule has 1 unspecified atom stereocenters. The van der Waals surface area contributed by atoms with E-state index in [1.807, 2.05) is 46.2 Å². The van der Waals surface area contributed by atoms with Gasteiger partial charge in [0.05, 0.1) is 30.8 Å². The van der Waals surface area contributed by atoms with Gasteiger partial charge in [0.25, 0.3) is 0 Å². The van der Waals surface area contributed by atoms with E-state index < -0.39 is 5.97 Å². The maximum absolute atomic E-state index is 12.6. The molecule has 0 saturated carbocycles. The van der Waals surface area contributed by atoms with Gasteiger partial charge in [0.2, 0.25) is 5.91 Å². The van der Waals surface area contributed by atoms with Gasteiger partial charge in [-0.15, -0.1) is 0 Å². The van der Waals surface area contributed by atoms with E-state index >= 15 is 0 Å². The van der Waals surface area contributed by atoms with Crippen LogP contribution in [0.25, 0.3) is 0 Å². The number of nitrogens with zero attached hydrogens (tertiary/aromatic N) is 3. The van der Waals surface area contributed by atoms with Crippen molar-refractivity contribution < 1.29 is 14.3 Å². The second-order valence-corrected chi connectivity index (χ2v) is 8.37. The number of aromatic nitrogens is 1. The number of hydrogen-bond acceptors (Lipinski definition) is 8. The summed E-state index contributed by atoms with van der Waals surface area (Å²) in [6, 6.07) is 5.36. The summed E-state index contributed by atoms with van der Waals surface area (Å²) in [5, 5.41) is 9.59. The van der Waals surface area contributed by atoms with Crippen LogP contribution in [0.4, 0.5) is 0 Å². The number of amidine groups is 1. The van der Waals surface area contributed by atoms with Crippen LogP contribution in [0.3, 0.4) is 0 Å². The molecule has 0 saturated heterocycles. The fourth-order valence-electron chi connectivity index (χ4n) is 3.42. The first-order valence-corrected chi connectivity index (χ1v) is 11.1. The number of carbonyl (C=O) groups is 2. The van der Waals surface area contributed by atoms with Gasteiger partial charge in [-0.1, -0.05) is 17.8 Å². The molecule has 1 amide bonds. The van der Waals surface area contributed by atoms with E-state index in [4.69, 9.17) is 4.74 Å². The smallest absolute Gasteiger partial charge is 0.338 e. The topological polar surface area (TPSA) is 83.9 Å². The monoisotopic (exact) mass is 440 g/mol. The van der Waals surface area contributed by atoms with Crippen LogP contribution in [-0.4, -0.2) is 34.0 Å². The Morgan fingerprint density at radius 2 is 2.20 bits per heavy atom. The minimum absolute atomic E-state index is 0.109. The largest absolute Gasteiger partial charge is 0.466 e. The number of amides is 1. The Kier molecular flexibility index (Phi) is 6.01. The zero-order valence-electron chi connectivity index (χ0n) is 16.5. The standard InChI is InChI=1S/C21H20N4O3S2/c1-13-18(20(27)28-2)19(15-5-7-29-11-15)25-16(12-30-21(25)24-13)8-17(26)23-10-14-4-3-6-22-9-14/h3-7,9,11-12,19H,8,10H2,1-2H3,(H,23,26). The lowest BCUT2D eigenvalue weighted by atomic mass is 9.96. The first-order chi connectivity index (χ1) is 14.6. The number of thiophene rings is 1. The molecule has 0 radical (unpaired) electrons. The van der Waals surface area contributed by atoms with Gasteiger partial charge < -0.3 is 15.0 Å². The first-order valence-electron chi connectivity index (χ1n) is 9.29. The number of pyridine rings is 1. The number of methoxy groups -OCH3 is 1. The van der Waals surface area contributed by atoms with Crippen LogP contribution >= 0.6 is 23.1 Å².